The lowest BCUT2D eigenvalue weighted by atomic mass is 9.52. The van der Waals surface area contributed by atoms with E-state index in [4.69, 9.17) is 0 Å². The van der Waals surface area contributed by atoms with Gasteiger partial charge in [0, 0.05) is 25.5 Å². The quantitative estimate of drug-likeness (QED) is 0.344. The van der Waals surface area contributed by atoms with E-state index < -0.39 is 66.7 Å². The van der Waals surface area contributed by atoms with Gasteiger partial charge < -0.3 is 30.6 Å². The van der Waals surface area contributed by atoms with E-state index in [-0.39, 0.29) is 11.8 Å². The van der Waals surface area contributed by atoms with Crippen LogP contribution in [0.25, 0.3) is 0 Å². The Hall–Kier alpha value is -2.76. The van der Waals surface area contributed by atoms with Crippen molar-refractivity contribution in [1.82, 2.24) is 19.6 Å². The number of aliphatic hydroxyl groups is 2. The first-order valence-electron chi connectivity index (χ1n) is 16.0. The summed E-state index contributed by atoms with van der Waals surface area (Å²) in [4.78, 5) is 59.4. The van der Waals surface area contributed by atoms with Crippen LogP contribution in [0.1, 0.15) is 37.8 Å². The van der Waals surface area contributed by atoms with E-state index in [1.54, 1.807) is 23.9 Å². The van der Waals surface area contributed by atoms with Crippen LogP contribution in [-0.2, 0) is 30.0 Å². The van der Waals surface area contributed by atoms with Gasteiger partial charge in [-0.1, -0.05) is 71.8 Å². The predicted octanol–water partition coefficient (Wildman–Crippen LogP) is 2.11. The number of nitrogens with zero attached hydrogens (tertiary/aromatic N) is 4. The van der Waals surface area contributed by atoms with Gasteiger partial charge in [0.15, 0.2) is 9.74 Å². The van der Waals surface area contributed by atoms with Crippen molar-refractivity contribution in [3.05, 3.63) is 59.7 Å². The summed E-state index contributed by atoms with van der Waals surface area (Å²) in [5, 5.41) is 33.9. The van der Waals surface area contributed by atoms with Gasteiger partial charge in [0.05, 0.1) is 10.8 Å². The highest BCUT2D eigenvalue weighted by Crippen LogP contribution is 2.78. The van der Waals surface area contributed by atoms with Gasteiger partial charge in [-0.25, -0.2) is 0 Å². The Bertz CT molecular complexity index is 1800. The van der Waals surface area contributed by atoms with Crippen LogP contribution in [0.5, 0.6) is 0 Å². The number of hydrogen-bond donors (Lipinski definition) is 4. The number of rotatable bonds is 3. The number of carbonyl (C=O) groups excluding carboxylic acids is 4. The minimum atomic E-state index is -1.76. The molecule has 12 nitrogen and oxygen atoms in total. The molecule has 4 bridgehead atoms. The second kappa shape index (κ2) is 8.75. The molecule has 48 heavy (non-hydrogen) atoms. The molecule has 0 saturated carbocycles. The summed E-state index contributed by atoms with van der Waals surface area (Å²) < 4.78 is 0. The molecule has 8 saturated heterocycles. The average molecular weight is 725 g/mol. The molecule has 10 atom stereocenters. The van der Waals surface area contributed by atoms with Crippen LogP contribution in [0.15, 0.2) is 48.5 Å². The zero-order valence-corrected chi connectivity index (χ0v) is 29.6. The third-order valence-corrected chi connectivity index (χ3v) is 20.3. The van der Waals surface area contributed by atoms with Gasteiger partial charge in [0.25, 0.3) is 23.6 Å². The Morgan fingerprint density at radius 1 is 0.625 bits per heavy atom. The van der Waals surface area contributed by atoms with Crippen LogP contribution in [0.2, 0.25) is 0 Å². The van der Waals surface area contributed by atoms with E-state index in [0.717, 1.165) is 0 Å². The van der Waals surface area contributed by atoms with Gasteiger partial charge in [-0.05, 0) is 57.7 Å². The fourth-order valence-corrected chi connectivity index (χ4v) is 18.4. The third kappa shape index (κ3) is 2.48. The lowest BCUT2D eigenvalue weighted by Gasteiger charge is -2.59. The number of aliphatic hydroxyl groups excluding tert-OH is 2. The van der Waals surface area contributed by atoms with Crippen molar-refractivity contribution in [2.75, 3.05) is 24.7 Å². The second-order valence-electron chi connectivity index (χ2n) is 13.8. The molecule has 0 aliphatic carbocycles. The Morgan fingerprint density at radius 2 is 1.00 bits per heavy atom. The maximum Gasteiger partial charge on any atom is 0.264 e. The molecule has 4 N–H and O–H groups in total. The fraction of sp³-hybridized carbons (Fsp3) is 0.500. The molecular weight excluding hydrogens is 693 g/mol. The highest BCUT2D eigenvalue weighted by Gasteiger charge is 2.93. The number of piperazine rings is 2. The molecule has 10 aliphatic rings. The number of hydrogen-bond acceptors (Lipinski definition) is 12. The molecule has 2 aromatic rings. The van der Waals surface area contributed by atoms with E-state index in [1.165, 1.54) is 53.0 Å². The Kier molecular flexibility index (Phi) is 5.48. The van der Waals surface area contributed by atoms with E-state index in [1.807, 2.05) is 62.4 Å². The van der Waals surface area contributed by atoms with Crippen LogP contribution in [-0.4, -0.2) is 112 Å². The molecule has 10 heterocycles. The number of likely N-dealkylation sites (N-methyl/N-ethyl adjacent to an activating group) is 2. The number of fused-ring (bicyclic) bond motifs is 11. The Balaban J connectivity index is 1.34. The lowest BCUT2D eigenvalue weighted by molar-refractivity contribution is -0.167. The van der Waals surface area contributed by atoms with Gasteiger partial charge in [0.1, 0.15) is 24.5 Å². The van der Waals surface area contributed by atoms with Crippen LogP contribution in [0.4, 0.5) is 11.4 Å². The first kappa shape index (κ1) is 30.1. The minimum Gasteiger partial charge on any atom is -0.388 e. The molecular formula is C32H32N6O6S4. The summed E-state index contributed by atoms with van der Waals surface area (Å²) >= 11 is 0. The van der Waals surface area contributed by atoms with Crippen molar-refractivity contribution in [2.45, 2.75) is 81.5 Å². The zero-order chi connectivity index (χ0) is 33.6. The largest absolute Gasteiger partial charge is 0.388 e. The maximum atomic E-state index is 14.9. The summed E-state index contributed by atoms with van der Waals surface area (Å²) in [6, 6.07) is 14.9. The Labute approximate surface area is 291 Å². The van der Waals surface area contributed by atoms with Crippen molar-refractivity contribution in [3.8, 4) is 0 Å². The molecule has 0 aromatic heterocycles. The zero-order valence-electron chi connectivity index (χ0n) is 26.3. The van der Waals surface area contributed by atoms with E-state index >= 15 is 0 Å². The summed E-state index contributed by atoms with van der Waals surface area (Å²) in [5.74, 6) is -1.40. The van der Waals surface area contributed by atoms with Crippen LogP contribution < -0.4 is 10.6 Å². The lowest BCUT2D eigenvalue weighted by Crippen LogP contribution is -2.78. The molecule has 8 fully saturated rings. The summed E-state index contributed by atoms with van der Waals surface area (Å²) in [6.45, 7) is 3.74. The van der Waals surface area contributed by atoms with Gasteiger partial charge in [-0.3, -0.25) is 29.0 Å². The maximum absolute atomic E-state index is 14.9. The minimum absolute atomic E-state index is 0.305. The van der Waals surface area contributed by atoms with Crippen molar-refractivity contribution < 1.29 is 29.4 Å². The number of para-hydroxylation sites is 2. The van der Waals surface area contributed by atoms with E-state index in [2.05, 4.69) is 10.6 Å². The van der Waals surface area contributed by atoms with Gasteiger partial charge in [-0.15, -0.1) is 0 Å². The van der Waals surface area contributed by atoms with Crippen LogP contribution in [0, 0.1) is 0 Å². The highest BCUT2D eigenvalue weighted by atomic mass is 33.1. The van der Waals surface area contributed by atoms with Gasteiger partial charge in [0.2, 0.25) is 9.74 Å². The summed E-state index contributed by atoms with van der Waals surface area (Å²) in [7, 11) is 8.20. The van der Waals surface area contributed by atoms with Crippen molar-refractivity contribution >= 4 is 78.2 Å². The smallest absolute Gasteiger partial charge is 0.264 e. The molecule has 2 spiro atoms. The molecule has 4 amide bonds. The van der Waals surface area contributed by atoms with Crippen molar-refractivity contribution in [1.29, 1.82) is 0 Å². The second-order valence-corrected chi connectivity index (χ2v) is 19.1. The molecule has 16 heteroatoms. The van der Waals surface area contributed by atoms with E-state index in [0.29, 0.717) is 35.3 Å². The monoisotopic (exact) mass is 724 g/mol. The number of anilines is 2. The molecule has 10 aliphatic heterocycles. The predicted molar refractivity (Wildman–Crippen MR) is 184 cm³/mol. The first-order valence-corrected chi connectivity index (χ1v) is 20.3. The van der Waals surface area contributed by atoms with E-state index in [9.17, 15) is 29.4 Å². The number of nitrogens with one attached hydrogen (secondary N) is 2. The molecule has 2 aromatic carbocycles. The van der Waals surface area contributed by atoms with Crippen LogP contribution >= 0.6 is 43.2 Å². The molecule has 12 rings (SSSR count). The SMILES string of the molecule is CC[C@@]12SS[C@]3(C(=O)N1C)[C@@H](O)C1([C@@]45c6ccccc6N[C@@H]4N4C(=O)[C@]6(CC)SS[C@]4(C(=O)N6C)[C@H]5O)c4ccccc4N[C@@H]1N3C2=O. The van der Waals surface area contributed by atoms with Crippen molar-refractivity contribution in [2.24, 2.45) is 0 Å². The van der Waals surface area contributed by atoms with Gasteiger partial charge >= 0.3 is 0 Å². The number of carbonyl (C=O) groups is 4. The average Bonchev–Trinajstić information content (AvgIpc) is 3.75. The topological polar surface area (TPSA) is 146 Å². The fourth-order valence-electron chi connectivity index (χ4n) is 10.5. The van der Waals surface area contributed by atoms with Gasteiger partial charge in [-0.2, -0.15) is 0 Å². The Morgan fingerprint density at radius 3 is 1.38 bits per heavy atom. The van der Waals surface area contributed by atoms with Crippen molar-refractivity contribution in [3.63, 3.8) is 0 Å². The number of amides is 4. The normalized spacial score (nSPS) is 45.5. The summed E-state index contributed by atoms with van der Waals surface area (Å²) in [6.07, 6.45) is -4.51. The highest BCUT2D eigenvalue weighted by molar-refractivity contribution is 8.78. The van der Waals surface area contributed by atoms with Crippen LogP contribution in [0.3, 0.4) is 0 Å². The number of benzene rings is 2. The first-order chi connectivity index (χ1) is 23.0. The summed E-state index contributed by atoms with van der Waals surface area (Å²) in [5.41, 5.74) is -0.748. The molecule has 0 radical (unpaired) electrons. The molecule has 1 unspecified atom stereocenters. The standard InChI is InChI=1S/C32H32N6O6S4/c1-5-27-23(41)37-21-29(15-11-7-9-13-17(15)33-21,19(39)31(37,47-45-27)25(43)35(27)3)30-16-12-8-10-14-18(16)34-22(30)38-24(42)28(6-2)36(4)26(44)32(38,20(30)40)48-46-28/h7-14,19-22,33-34,39-40H,5-6H2,1-4H3/t19-,20-,21+,22+,27-,28-,29+,30?,31-,32-/m0/s1. The third-order valence-electron chi connectivity index (χ3n) is 12.7. The molecule has 250 valence electrons.